The number of hydrogen-bond acceptors (Lipinski definition) is 7. The van der Waals surface area contributed by atoms with Gasteiger partial charge in [0.15, 0.2) is 0 Å². The average Bonchev–Trinajstić information content (AvgIpc) is 2.96. The number of carbonyl (C=O) groups excluding carboxylic acids is 3. The van der Waals surface area contributed by atoms with E-state index in [9.17, 15) is 29.6 Å². The van der Waals surface area contributed by atoms with E-state index in [0.717, 1.165) is 4.90 Å². The number of nitro benzene ring substituents is 1. The van der Waals surface area contributed by atoms with E-state index in [0.29, 0.717) is 0 Å². The summed E-state index contributed by atoms with van der Waals surface area (Å²) in [4.78, 5) is 48.8. The van der Waals surface area contributed by atoms with Crippen LogP contribution in [0.2, 0.25) is 0 Å². The van der Waals surface area contributed by atoms with Crippen molar-refractivity contribution in [3.63, 3.8) is 0 Å². The maximum Gasteiger partial charge on any atom is 0.313 e. The van der Waals surface area contributed by atoms with Gasteiger partial charge in [-0.3, -0.25) is 29.4 Å². The van der Waals surface area contributed by atoms with Crippen molar-refractivity contribution in [2.45, 2.75) is 13.0 Å². The molecule has 0 saturated carbocycles. The number of esters is 1. The summed E-state index contributed by atoms with van der Waals surface area (Å²) in [6.07, 6.45) is -1.43. The van der Waals surface area contributed by atoms with Crippen LogP contribution < -0.4 is 0 Å². The van der Waals surface area contributed by atoms with Gasteiger partial charge in [0.2, 0.25) is 0 Å². The Balaban J connectivity index is 1.88. The van der Waals surface area contributed by atoms with Crippen molar-refractivity contribution in [3.8, 4) is 0 Å². The van der Waals surface area contributed by atoms with Crippen molar-refractivity contribution in [2.24, 2.45) is 5.92 Å². The molecule has 0 unspecified atom stereocenters. The van der Waals surface area contributed by atoms with E-state index < -0.39 is 34.7 Å². The molecule has 2 atom stereocenters. The fraction of sp³-hybridized carbons (Fsp3) is 0.250. The van der Waals surface area contributed by atoms with Crippen LogP contribution in [0.25, 0.3) is 0 Å². The Kier molecular flexibility index (Phi) is 5.69. The predicted octanol–water partition coefficient (Wildman–Crippen LogP) is 2.10. The third-order valence-electron chi connectivity index (χ3n) is 4.67. The Morgan fingerprint density at radius 2 is 1.66 bits per heavy atom. The number of imide groups is 1. The van der Waals surface area contributed by atoms with Crippen molar-refractivity contribution in [1.82, 2.24) is 4.90 Å². The highest BCUT2D eigenvalue weighted by molar-refractivity contribution is 6.21. The Hall–Kier alpha value is -3.59. The molecule has 3 rings (SSSR count). The molecule has 150 valence electrons. The largest absolute Gasteiger partial charge is 0.466 e. The number of carbonyl (C=O) groups is 3. The number of aliphatic hydroxyl groups excluding tert-OH is 1. The van der Waals surface area contributed by atoms with Gasteiger partial charge in [0.05, 0.1) is 28.8 Å². The third kappa shape index (κ3) is 3.85. The van der Waals surface area contributed by atoms with Gasteiger partial charge >= 0.3 is 5.97 Å². The summed E-state index contributed by atoms with van der Waals surface area (Å²) in [6, 6.07) is 11.3. The van der Waals surface area contributed by atoms with Gasteiger partial charge in [-0.15, -0.1) is 0 Å². The molecular weight excluding hydrogens is 380 g/mol. The molecule has 1 aliphatic heterocycles. The zero-order valence-corrected chi connectivity index (χ0v) is 15.5. The fourth-order valence-electron chi connectivity index (χ4n) is 3.18. The lowest BCUT2D eigenvalue weighted by molar-refractivity contribution is -0.384. The highest BCUT2D eigenvalue weighted by atomic mass is 16.6. The van der Waals surface area contributed by atoms with Gasteiger partial charge in [-0.2, -0.15) is 0 Å². The lowest BCUT2D eigenvalue weighted by Gasteiger charge is -2.25. The number of fused-ring (bicyclic) bond motifs is 1. The topological polar surface area (TPSA) is 127 Å². The van der Waals surface area contributed by atoms with Gasteiger partial charge in [0.25, 0.3) is 17.5 Å². The minimum absolute atomic E-state index is 0.0461. The SMILES string of the molecule is CCOC(=O)[C@@H](CN1C(=O)c2ccccc2C1=O)[C@@H](O)c1ccc([N+](=O)[O-])cc1. The predicted molar refractivity (Wildman–Crippen MR) is 100.0 cm³/mol. The molecule has 2 aromatic carbocycles. The van der Waals surface area contributed by atoms with Crippen molar-refractivity contribution in [2.75, 3.05) is 13.2 Å². The Morgan fingerprint density at radius 1 is 1.10 bits per heavy atom. The number of nitrogens with zero attached hydrogens (tertiary/aromatic N) is 2. The summed E-state index contributed by atoms with van der Waals surface area (Å²) in [7, 11) is 0. The fourth-order valence-corrected chi connectivity index (χ4v) is 3.18. The highest BCUT2D eigenvalue weighted by Crippen LogP contribution is 2.29. The first kappa shape index (κ1) is 20.2. The molecule has 29 heavy (non-hydrogen) atoms. The van der Waals surface area contributed by atoms with Gasteiger partial charge in [-0.25, -0.2) is 0 Å². The number of hydrogen-bond donors (Lipinski definition) is 1. The molecule has 0 radical (unpaired) electrons. The number of ether oxygens (including phenoxy) is 1. The van der Waals surface area contributed by atoms with Gasteiger partial charge in [-0.1, -0.05) is 12.1 Å². The number of rotatable bonds is 7. The van der Waals surface area contributed by atoms with Crippen LogP contribution in [0, 0.1) is 16.0 Å². The minimum Gasteiger partial charge on any atom is -0.466 e. The van der Waals surface area contributed by atoms with Crippen LogP contribution >= 0.6 is 0 Å². The Bertz CT molecular complexity index is 936. The van der Waals surface area contributed by atoms with Crippen molar-refractivity contribution in [1.29, 1.82) is 0 Å². The van der Waals surface area contributed by atoms with E-state index in [1.807, 2.05) is 0 Å². The molecule has 0 fully saturated rings. The maximum absolute atomic E-state index is 12.6. The van der Waals surface area contributed by atoms with Crippen molar-refractivity contribution < 1.29 is 29.2 Å². The number of non-ortho nitro benzene ring substituents is 1. The molecule has 0 saturated heterocycles. The maximum atomic E-state index is 12.6. The van der Waals surface area contributed by atoms with E-state index in [2.05, 4.69) is 0 Å². The second-order valence-corrected chi connectivity index (χ2v) is 6.42. The molecule has 2 aromatic rings. The molecule has 0 aliphatic carbocycles. The second-order valence-electron chi connectivity index (χ2n) is 6.42. The number of benzene rings is 2. The van der Waals surface area contributed by atoms with Crippen LogP contribution in [0.4, 0.5) is 5.69 Å². The molecule has 2 amide bonds. The molecule has 9 heteroatoms. The van der Waals surface area contributed by atoms with E-state index in [1.165, 1.54) is 36.4 Å². The lowest BCUT2D eigenvalue weighted by Crippen LogP contribution is -2.40. The summed E-state index contributed by atoms with van der Waals surface area (Å²) in [5.74, 6) is -3.15. The first-order valence-corrected chi connectivity index (χ1v) is 8.89. The molecular formula is C20H18N2O7. The number of amides is 2. The summed E-state index contributed by atoms with van der Waals surface area (Å²) in [5.41, 5.74) is 0.508. The van der Waals surface area contributed by atoms with Crippen LogP contribution in [0.3, 0.4) is 0 Å². The summed E-state index contributed by atoms with van der Waals surface area (Å²) in [5, 5.41) is 21.5. The first-order chi connectivity index (χ1) is 13.8. The summed E-state index contributed by atoms with van der Waals surface area (Å²) in [6.45, 7) is 1.25. The smallest absolute Gasteiger partial charge is 0.313 e. The number of nitro groups is 1. The van der Waals surface area contributed by atoms with Gasteiger partial charge < -0.3 is 9.84 Å². The normalized spacial score (nSPS) is 15.0. The van der Waals surface area contributed by atoms with Gasteiger partial charge in [0, 0.05) is 18.7 Å². The lowest BCUT2D eigenvalue weighted by atomic mass is 9.95. The highest BCUT2D eigenvalue weighted by Gasteiger charge is 2.40. The first-order valence-electron chi connectivity index (χ1n) is 8.89. The van der Waals surface area contributed by atoms with Crippen LogP contribution in [0.5, 0.6) is 0 Å². The minimum atomic E-state index is -1.43. The van der Waals surface area contributed by atoms with E-state index in [4.69, 9.17) is 4.74 Å². The van der Waals surface area contributed by atoms with Crippen LogP contribution in [-0.4, -0.2) is 45.9 Å². The summed E-state index contributed by atoms with van der Waals surface area (Å²) < 4.78 is 5.01. The molecule has 9 nitrogen and oxygen atoms in total. The zero-order valence-electron chi connectivity index (χ0n) is 15.5. The molecule has 0 aromatic heterocycles. The Labute approximate surface area is 165 Å². The third-order valence-corrected chi connectivity index (χ3v) is 4.67. The molecule has 1 aliphatic rings. The van der Waals surface area contributed by atoms with E-state index in [1.54, 1.807) is 19.1 Å². The number of aliphatic hydroxyl groups is 1. The zero-order chi connectivity index (χ0) is 21.1. The van der Waals surface area contributed by atoms with Gasteiger partial charge in [0.1, 0.15) is 5.92 Å². The average molecular weight is 398 g/mol. The van der Waals surface area contributed by atoms with Gasteiger partial charge in [-0.05, 0) is 36.8 Å². The molecule has 1 N–H and O–H groups in total. The monoisotopic (exact) mass is 398 g/mol. The van der Waals surface area contributed by atoms with E-state index in [-0.39, 0.29) is 35.5 Å². The van der Waals surface area contributed by atoms with Crippen molar-refractivity contribution in [3.05, 3.63) is 75.3 Å². The quantitative estimate of drug-likeness (QED) is 0.327. The second kappa shape index (κ2) is 8.19. The van der Waals surface area contributed by atoms with Crippen LogP contribution in [-0.2, 0) is 9.53 Å². The van der Waals surface area contributed by atoms with E-state index >= 15 is 0 Å². The van der Waals surface area contributed by atoms with Crippen LogP contribution in [0.15, 0.2) is 48.5 Å². The standard InChI is InChI=1S/C20H18N2O7/c1-2-29-20(26)16(17(23)12-7-9-13(10-8-12)22(27)28)11-21-18(24)14-5-3-4-6-15(14)19(21)25/h3-10,16-17,23H,2,11H2,1H3/t16-,17-/m0/s1. The Morgan fingerprint density at radius 3 is 2.14 bits per heavy atom. The van der Waals surface area contributed by atoms with Crippen LogP contribution in [0.1, 0.15) is 39.3 Å². The van der Waals surface area contributed by atoms with Crippen molar-refractivity contribution >= 4 is 23.5 Å². The molecule has 1 heterocycles. The summed E-state index contributed by atoms with van der Waals surface area (Å²) >= 11 is 0. The molecule has 0 spiro atoms. The molecule has 0 bridgehead atoms.